The molecule has 1 fully saturated rings. The molecule has 1 N–H and O–H groups in total. The van der Waals surface area contributed by atoms with E-state index in [9.17, 15) is 9.59 Å². The van der Waals surface area contributed by atoms with E-state index in [0.29, 0.717) is 19.0 Å². The van der Waals surface area contributed by atoms with E-state index in [-0.39, 0.29) is 17.7 Å². The molecule has 1 aliphatic rings. The third-order valence-electron chi connectivity index (χ3n) is 2.68. The average Bonchev–Trinajstić information content (AvgIpc) is 2.82. The molecular weight excluding hydrogens is 266 g/mol. The van der Waals surface area contributed by atoms with Crippen molar-refractivity contribution in [3.63, 3.8) is 0 Å². The second-order valence-electron chi connectivity index (χ2n) is 4.02. The van der Waals surface area contributed by atoms with Gasteiger partial charge in [-0.05, 0) is 5.56 Å². The highest BCUT2D eigenvalue weighted by Crippen LogP contribution is 2.16. The Balaban J connectivity index is 1.77. The Kier molecular flexibility index (Phi) is 4.62. The summed E-state index contributed by atoms with van der Waals surface area (Å²) < 4.78 is 4.95. The molecule has 1 saturated heterocycles. The molecule has 2 amide bonds. The van der Waals surface area contributed by atoms with E-state index in [0.717, 1.165) is 11.3 Å². The Morgan fingerprint density at radius 2 is 2.42 bits per heavy atom. The number of amides is 2. The molecule has 7 heteroatoms. The van der Waals surface area contributed by atoms with Gasteiger partial charge in [0, 0.05) is 31.1 Å². The molecule has 0 bridgehead atoms. The number of methoxy groups -OCH3 is 1. The minimum atomic E-state index is -0.160. The van der Waals surface area contributed by atoms with Gasteiger partial charge in [-0.15, -0.1) is 0 Å². The zero-order valence-corrected chi connectivity index (χ0v) is 11.4. The highest BCUT2D eigenvalue weighted by molar-refractivity contribution is 8.13. The fraction of sp³-hybridized carbons (Fsp3) is 0.417. The van der Waals surface area contributed by atoms with Crippen LogP contribution >= 0.6 is 11.8 Å². The first kappa shape index (κ1) is 13.7. The van der Waals surface area contributed by atoms with Crippen molar-refractivity contribution in [2.24, 2.45) is 0 Å². The molecule has 1 aliphatic heterocycles. The molecule has 19 heavy (non-hydrogen) atoms. The number of nitrogens with one attached hydrogen (secondary N) is 1. The topological polar surface area (TPSA) is 71.5 Å². The van der Waals surface area contributed by atoms with Gasteiger partial charge in [-0.3, -0.25) is 9.59 Å². The van der Waals surface area contributed by atoms with E-state index < -0.39 is 0 Å². The fourth-order valence-electron chi connectivity index (χ4n) is 1.64. The molecule has 0 radical (unpaired) electrons. The molecule has 102 valence electrons. The van der Waals surface area contributed by atoms with E-state index in [1.54, 1.807) is 24.3 Å². The summed E-state index contributed by atoms with van der Waals surface area (Å²) >= 11 is 1.25. The van der Waals surface area contributed by atoms with Gasteiger partial charge in [0.15, 0.2) is 0 Å². The van der Waals surface area contributed by atoms with E-state index in [4.69, 9.17) is 4.74 Å². The summed E-state index contributed by atoms with van der Waals surface area (Å²) in [5.74, 6) is 1.13. The molecule has 2 rings (SSSR count). The lowest BCUT2D eigenvalue weighted by molar-refractivity contribution is -0.121. The lowest BCUT2D eigenvalue weighted by atomic mass is 10.3. The maximum Gasteiger partial charge on any atom is 0.282 e. The Hall–Kier alpha value is -1.76. The van der Waals surface area contributed by atoms with Gasteiger partial charge in [-0.1, -0.05) is 17.8 Å². The molecule has 1 aromatic heterocycles. The Labute approximate surface area is 115 Å². The summed E-state index contributed by atoms with van der Waals surface area (Å²) in [6.45, 7) is 1.15. The predicted octanol–water partition coefficient (Wildman–Crippen LogP) is 0.875. The quantitative estimate of drug-likeness (QED) is 0.867. The number of rotatable bonds is 5. The summed E-state index contributed by atoms with van der Waals surface area (Å²) in [6.07, 6.45) is 1.65. The molecule has 0 saturated carbocycles. The van der Waals surface area contributed by atoms with Gasteiger partial charge < -0.3 is 15.0 Å². The van der Waals surface area contributed by atoms with Crippen LogP contribution in [0.3, 0.4) is 0 Å². The Morgan fingerprint density at radius 3 is 3.00 bits per heavy atom. The third-order valence-corrected chi connectivity index (χ3v) is 3.57. The van der Waals surface area contributed by atoms with Gasteiger partial charge in [0.25, 0.3) is 5.24 Å². The van der Waals surface area contributed by atoms with E-state index >= 15 is 0 Å². The predicted molar refractivity (Wildman–Crippen MR) is 72.1 cm³/mol. The molecule has 2 heterocycles. The molecule has 0 unspecified atom stereocenters. The highest BCUT2D eigenvalue weighted by Gasteiger charge is 2.22. The van der Waals surface area contributed by atoms with Gasteiger partial charge in [-0.2, -0.15) is 0 Å². The van der Waals surface area contributed by atoms with Crippen molar-refractivity contribution >= 4 is 22.9 Å². The summed E-state index contributed by atoms with van der Waals surface area (Å²) in [5.41, 5.74) is 0.885. The summed E-state index contributed by atoms with van der Waals surface area (Å²) in [4.78, 5) is 28.6. The van der Waals surface area contributed by atoms with Crippen molar-refractivity contribution in [1.29, 1.82) is 0 Å². The molecule has 0 spiro atoms. The minimum absolute atomic E-state index is 0.0266. The normalized spacial score (nSPS) is 14.6. The standard InChI is InChI=1S/C12H15N3O3S/c1-18-11-3-2-9(7-14-11)6-13-10(16)8-15-4-5-19-12(15)17/h2-3,7H,4-6,8H2,1H3,(H,13,16). The van der Waals surface area contributed by atoms with Crippen molar-refractivity contribution in [3.05, 3.63) is 23.9 Å². The number of nitrogens with zero attached hydrogens (tertiary/aromatic N) is 2. The Bertz CT molecular complexity index is 464. The number of aromatic nitrogens is 1. The van der Waals surface area contributed by atoms with Crippen molar-refractivity contribution in [2.75, 3.05) is 26.0 Å². The van der Waals surface area contributed by atoms with Gasteiger partial charge in [-0.25, -0.2) is 4.98 Å². The lowest BCUT2D eigenvalue weighted by Gasteiger charge is -2.13. The van der Waals surface area contributed by atoms with Crippen LogP contribution in [0.5, 0.6) is 5.88 Å². The van der Waals surface area contributed by atoms with Crippen LogP contribution in [-0.2, 0) is 11.3 Å². The SMILES string of the molecule is COc1ccc(CNC(=O)CN2CCSC2=O)cn1. The van der Waals surface area contributed by atoms with Crippen molar-refractivity contribution in [3.8, 4) is 5.88 Å². The maximum atomic E-state index is 11.7. The number of pyridine rings is 1. The number of carbonyl (C=O) groups is 2. The van der Waals surface area contributed by atoms with Gasteiger partial charge in [0.05, 0.1) is 7.11 Å². The fourth-order valence-corrected chi connectivity index (χ4v) is 2.46. The number of thioether (sulfide) groups is 1. The minimum Gasteiger partial charge on any atom is -0.481 e. The van der Waals surface area contributed by atoms with Crippen LogP contribution < -0.4 is 10.1 Å². The van der Waals surface area contributed by atoms with E-state index in [1.807, 2.05) is 6.07 Å². The van der Waals surface area contributed by atoms with Crippen LogP contribution in [0.2, 0.25) is 0 Å². The number of ether oxygens (including phenoxy) is 1. The number of carbonyl (C=O) groups excluding carboxylic acids is 2. The Morgan fingerprint density at radius 1 is 1.58 bits per heavy atom. The molecule has 0 atom stereocenters. The average molecular weight is 281 g/mol. The second-order valence-corrected chi connectivity index (χ2v) is 5.07. The number of hydrogen-bond acceptors (Lipinski definition) is 5. The molecule has 0 aliphatic carbocycles. The molecule has 1 aromatic rings. The van der Waals surface area contributed by atoms with Crippen molar-refractivity contribution in [2.45, 2.75) is 6.54 Å². The summed E-state index contributed by atoms with van der Waals surface area (Å²) in [7, 11) is 1.55. The van der Waals surface area contributed by atoms with Crippen LogP contribution in [0.4, 0.5) is 4.79 Å². The van der Waals surface area contributed by atoms with Gasteiger partial charge >= 0.3 is 0 Å². The lowest BCUT2D eigenvalue weighted by Crippen LogP contribution is -2.36. The molecular formula is C12H15N3O3S. The van der Waals surface area contributed by atoms with Crippen molar-refractivity contribution < 1.29 is 14.3 Å². The molecule has 6 nitrogen and oxygen atoms in total. The first-order valence-electron chi connectivity index (χ1n) is 5.86. The van der Waals surface area contributed by atoms with Crippen LogP contribution in [-0.4, -0.2) is 47.0 Å². The van der Waals surface area contributed by atoms with Crippen LogP contribution in [0, 0.1) is 0 Å². The number of hydrogen-bond donors (Lipinski definition) is 1. The first-order valence-corrected chi connectivity index (χ1v) is 6.85. The van der Waals surface area contributed by atoms with Gasteiger partial charge in [0.2, 0.25) is 11.8 Å². The second kappa shape index (κ2) is 6.42. The van der Waals surface area contributed by atoms with Crippen LogP contribution in [0.25, 0.3) is 0 Å². The maximum absolute atomic E-state index is 11.7. The summed E-state index contributed by atoms with van der Waals surface area (Å²) in [5, 5.41) is 2.73. The van der Waals surface area contributed by atoms with E-state index in [2.05, 4.69) is 10.3 Å². The highest BCUT2D eigenvalue weighted by atomic mass is 32.2. The van der Waals surface area contributed by atoms with Crippen LogP contribution in [0.1, 0.15) is 5.56 Å². The zero-order chi connectivity index (χ0) is 13.7. The third kappa shape index (κ3) is 3.85. The molecule has 0 aromatic carbocycles. The van der Waals surface area contributed by atoms with E-state index in [1.165, 1.54) is 11.8 Å². The summed E-state index contributed by atoms with van der Waals surface area (Å²) in [6, 6.07) is 3.57. The largest absolute Gasteiger partial charge is 0.481 e. The zero-order valence-electron chi connectivity index (χ0n) is 10.6. The van der Waals surface area contributed by atoms with Crippen molar-refractivity contribution in [1.82, 2.24) is 15.2 Å². The monoisotopic (exact) mass is 281 g/mol. The van der Waals surface area contributed by atoms with Crippen LogP contribution in [0.15, 0.2) is 18.3 Å². The van der Waals surface area contributed by atoms with Gasteiger partial charge in [0.1, 0.15) is 6.54 Å². The first-order chi connectivity index (χ1) is 9.19. The smallest absolute Gasteiger partial charge is 0.282 e.